The van der Waals surface area contributed by atoms with Gasteiger partial charge in [0.25, 0.3) is 0 Å². The number of carbonyl (C=O) groups is 1. The third-order valence-corrected chi connectivity index (χ3v) is 4.26. The second-order valence-electron chi connectivity index (χ2n) is 5.16. The molecule has 0 heterocycles. The number of benzene rings is 2. The Kier molecular flexibility index (Phi) is 3.04. The zero-order valence-corrected chi connectivity index (χ0v) is 11.4. The molecular formula is C16H14ClNO2. The number of carboxylic acid groups (broad SMARTS) is 1. The van der Waals surface area contributed by atoms with E-state index in [1.807, 2.05) is 42.5 Å². The Morgan fingerprint density at radius 3 is 2.00 bits per heavy atom. The van der Waals surface area contributed by atoms with Crippen LogP contribution < -0.4 is 5.73 Å². The first-order valence-corrected chi connectivity index (χ1v) is 6.75. The summed E-state index contributed by atoms with van der Waals surface area (Å²) in [5.41, 5.74) is 6.77. The van der Waals surface area contributed by atoms with Crippen LogP contribution in [0.1, 0.15) is 23.0 Å². The number of carboxylic acids is 1. The van der Waals surface area contributed by atoms with Crippen LogP contribution in [0.5, 0.6) is 0 Å². The maximum Gasteiger partial charge on any atom is 0.325 e. The summed E-state index contributed by atoms with van der Waals surface area (Å²) < 4.78 is 0. The van der Waals surface area contributed by atoms with Crippen molar-refractivity contribution in [2.75, 3.05) is 0 Å². The first kappa shape index (κ1) is 13.2. The van der Waals surface area contributed by atoms with Gasteiger partial charge < -0.3 is 10.8 Å². The minimum Gasteiger partial charge on any atom is -0.480 e. The zero-order valence-electron chi connectivity index (χ0n) is 10.7. The normalized spacial score (nSPS) is 28.1. The van der Waals surface area contributed by atoms with Gasteiger partial charge in [-0.25, -0.2) is 0 Å². The van der Waals surface area contributed by atoms with Crippen molar-refractivity contribution in [2.24, 2.45) is 5.73 Å². The monoisotopic (exact) mass is 287 g/mol. The molecule has 1 aliphatic carbocycles. The fourth-order valence-corrected chi connectivity index (χ4v) is 3.07. The molecule has 0 amide bonds. The first-order chi connectivity index (χ1) is 9.55. The molecule has 0 saturated heterocycles. The van der Waals surface area contributed by atoms with Crippen molar-refractivity contribution in [3.8, 4) is 0 Å². The highest BCUT2D eigenvalue weighted by Crippen LogP contribution is 2.62. The smallest absolute Gasteiger partial charge is 0.325 e. The van der Waals surface area contributed by atoms with E-state index in [0.717, 1.165) is 11.1 Å². The molecule has 0 radical (unpaired) electrons. The third-order valence-electron chi connectivity index (χ3n) is 4.01. The molecule has 2 aromatic carbocycles. The summed E-state index contributed by atoms with van der Waals surface area (Å²) in [5, 5.41) is 10.1. The number of aliphatic carboxylic acids is 1. The zero-order chi connectivity index (χ0) is 14.3. The molecule has 1 saturated carbocycles. The van der Waals surface area contributed by atoms with Gasteiger partial charge in [0.1, 0.15) is 5.54 Å². The molecule has 3 atom stereocenters. The molecule has 3 nitrogen and oxygen atoms in total. The second kappa shape index (κ2) is 4.62. The van der Waals surface area contributed by atoms with E-state index >= 15 is 0 Å². The lowest BCUT2D eigenvalue weighted by atomic mass is 10.0. The predicted octanol–water partition coefficient (Wildman–Crippen LogP) is 3.00. The molecular weight excluding hydrogens is 274 g/mol. The minimum atomic E-state index is -1.24. The van der Waals surface area contributed by atoms with E-state index < -0.39 is 11.5 Å². The highest BCUT2D eigenvalue weighted by molar-refractivity contribution is 6.30. The molecule has 0 bridgehead atoms. The molecule has 3 rings (SSSR count). The number of nitrogens with two attached hydrogens (primary N) is 1. The second-order valence-corrected chi connectivity index (χ2v) is 5.59. The van der Waals surface area contributed by atoms with Gasteiger partial charge >= 0.3 is 5.97 Å². The van der Waals surface area contributed by atoms with Gasteiger partial charge in [0.2, 0.25) is 0 Å². The van der Waals surface area contributed by atoms with Crippen LogP contribution in [0.25, 0.3) is 0 Å². The molecule has 1 aliphatic rings. The first-order valence-electron chi connectivity index (χ1n) is 6.38. The van der Waals surface area contributed by atoms with Gasteiger partial charge in [-0.2, -0.15) is 0 Å². The SMILES string of the molecule is N[C@]1(C(=O)O)[C@@H](c2ccccc2)[C@@H]1c1ccc(Cl)cc1. The predicted molar refractivity (Wildman–Crippen MR) is 77.9 cm³/mol. The molecule has 2 aromatic rings. The number of rotatable bonds is 3. The number of halogens is 1. The van der Waals surface area contributed by atoms with Crippen LogP contribution in [0.2, 0.25) is 5.02 Å². The third kappa shape index (κ3) is 1.90. The summed E-state index contributed by atoms with van der Waals surface area (Å²) in [5.74, 6) is -1.40. The van der Waals surface area contributed by atoms with Crippen molar-refractivity contribution in [3.05, 3.63) is 70.7 Å². The Morgan fingerprint density at radius 2 is 1.50 bits per heavy atom. The van der Waals surface area contributed by atoms with E-state index in [-0.39, 0.29) is 11.8 Å². The molecule has 1 fully saturated rings. The lowest BCUT2D eigenvalue weighted by molar-refractivity contribution is -0.139. The van der Waals surface area contributed by atoms with Crippen LogP contribution in [-0.4, -0.2) is 16.6 Å². The summed E-state index contributed by atoms with van der Waals surface area (Å²) >= 11 is 5.88. The molecule has 0 spiro atoms. The van der Waals surface area contributed by atoms with E-state index in [0.29, 0.717) is 5.02 Å². The largest absolute Gasteiger partial charge is 0.480 e. The van der Waals surface area contributed by atoms with E-state index in [2.05, 4.69) is 0 Å². The summed E-state index contributed by atoms with van der Waals surface area (Å²) in [6.07, 6.45) is 0. The molecule has 0 aromatic heterocycles. The number of hydrogen-bond acceptors (Lipinski definition) is 2. The van der Waals surface area contributed by atoms with Crippen molar-refractivity contribution in [1.82, 2.24) is 0 Å². The quantitative estimate of drug-likeness (QED) is 0.912. The van der Waals surface area contributed by atoms with Crippen LogP contribution in [0.4, 0.5) is 0 Å². The van der Waals surface area contributed by atoms with Crippen molar-refractivity contribution in [1.29, 1.82) is 0 Å². The van der Waals surface area contributed by atoms with Gasteiger partial charge in [0.05, 0.1) is 0 Å². The fraction of sp³-hybridized carbons (Fsp3) is 0.188. The highest BCUT2D eigenvalue weighted by atomic mass is 35.5. The average molecular weight is 288 g/mol. The van der Waals surface area contributed by atoms with E-state index in [1.165, 1.54) is 0 Å². The van der Waals surface area contributed by atoms with Gasteiger partial charge in [-0.3, -0.25) is 4.79 Å². The molecule has 102 valence electrons. The van der Waals surface area contributed by atoms with E-state index in [1.54, 1.807) is 12.1 Å². The summed E-state index contributed by atoms with van der Waals surface area (Å²) in [6.45, 7) is 0. The standard InChI is InChI=1S/C16H14ClNO2/c17-12-8-6-11(7-9-12)14-13(16(14,18)15(19)20)10-4-2-1-3-5-10/h1-9,13-14H,18H2,(H,19,20)/t13-,14-,16+/m0/s1. The van der Waals surface area contributed by atoms with Crippen LogP contribution in [0.3, 0.4) is 0 Å². The lowest BCUT2D eigenvalue weighted by Gasteiger charge is -2.05. The van der Waals surface area contributed by atoms with Crippen molar-refractivity contribution >= 4 is 17.6 Å². The van der Waals surface area contributed by atoms with Crippen LogP contribution >= 0.6 is 11.6 Å². The van der Waals surface area contributed by atoms with Gasteiger partial charge in [-0.1, -0.05) is 54.1 Å². The van der Waals surface area contributed by atoms with Crippen LogP contribution in [0, 0.1) is 0 Å². The lowest BCUT2D eigenvalue weighted by Crippen LogP contribution is -2.36. The van der Waals surface area contributed by atoms with Crippen molar-refractivity contribution in [2.45, 2.75) is 17.4 Å². The summed E-state index contributed by atoms with van der Waals surface area (Å²) in [4.78, 5) is 11.6. The number of hydrogen-bond donors (Lipinski definition) is 2. The van der Waals surface area contributed by atoms with Crippen LogP contribution in [-0.2, 0) is 4.79 Å². The average Bonchev–Trinajstić information content (AvgIpc) is 3.09. The molecule has 0 aliphatic heterocycles. The van der Waals surface area contributed by atoms with Crippen molar-refractivity contribution < 1.29 is 9.90 Å². The molecule has 4 heteroatoms. The van der Waals surface area contributed by atoms with Crippen molar-refractivity contribution in [3.63, 3.8) is 0 Å². The fourth-order valence-electron chi connectivity index (χ4n) is 2.94. The Balaban J connectivity index is 2.01. The Hall–Kier alpha value is -1.84. The topological polar surface area (TPSA) is 63.3 Å². The van der Waals surface area contributed by atoms with Gasteiger partial charge in [-0.05, 0) is 23.3 Å². The van der Waals surface area contributed by atoms with Gasteiger partial charge in [0, 0.05) is 16.9 Å². The van der Waals surface area contributed by atoms with E-state index in [9.17, 15) is 9.90 Å². The molecule has 3 N–H and O–H groups in total. The Labute approximate surface area is 122 Å². The summed E-state index contributed by atoms with van der Waals surface area (Å²) in [7, 11) is 0. The minimum absolute atomic E-state index is 0.206. The van der Waals surface area contributed by atoms with Gasteiger partial charge in [0.15, 0.2) is 0 Å². The molecule has 0 unspecified atom stereocenters. The summed E-state index contributed by atoms with van der Waals surface area (Å²) in [6, 6.07) is 16.8. The van der Waals surface area contributed by atoms with E-state index in [4.69, 9.17) is 17.3 Å². The van der Waals surface area contributed by atoms with Crippen LogP contribution in [0.15, 0.2) is 54.6 Å². The maximum atomic E-state index is 11.6. The Bertz CT molecular complexity index is 641. The molecule has 20 heavy (non-hydrogen) atoms. The maximum absolute atomic E-state index is 11.6. The van der Waals surface area contributed by atoms with Gasteiger partial charge in [-0.15, -0.1) is 0 Å². The Morgan fingerprint density at radius 1 is 1.00 bits per heavy atom. The highest BCUT2D eigenvalue weighted by Gasteiger charge is 2.68.